The van der Waals surface area contributed by atoms with Gasteiger partial charge < -0.3 is 10.6 Å². The van der Waals surface area contributed by atoms with Crippen LogP contribution in [0.25, 0.3) is 5.65 Å². The Bertz CT molecular complexity index is 932. The average Bonchev–Trinajstić information content (AvgIpc) is 3.17. The van der Waals surface area contributed by atoms with Crippen LogP contribution in [0, 0.1) is 5.92 Å². The van der Waals surface area contributed by atoms with E-state index in [0.29, 0.717) is 29.5 Å². The number of amides is 1. The van der Waals surface area contributed by atoms with E-state index in [1.54, 1.807) is 16.9 Å². The van der Waals surface area contributed by atoms with Crippen LogP contribution >= 0.6 is 0 Å². The van der Waals surface area contributed by atoms with Gasteiger partial charge in [-0.15, -0.1) is 0 Å². The van der Waals surface area contributed by atoms with Crippen LogP contribution in [0.4, 0.5) is 5.82 Å². The minimum Gasteiger partial charge on any atom is -0.366 e. The highest BCUT2D eigenvalue weighted by Gasteiger charge is 2.23. The lowest BCUT2D eigenvalue weighted by atomic mass is 9.84. The van der Waals surface area contributed by atoms with E-state index in [1.165, 1.54) is 32.1 Å². The quantitative estimate of drug-likeness (QED) is 0.686. The first-order valence-corrected chi connectivity index (χ1v) is 9.99. The molecule has 28 heavy (non-hydrogen) atoms. The number of carbonyl (C=O) groups is 1. The van der Waals surface area contributed by atoms with Crippen LogP contribution in [0.15, 0.2) is 43.0 Å². The Balaban J connectivity index is 1.46. The molecule has 0 spiro atoms. The third-order valence-electron chi connectivity index (χ3n) is 5.53. The number of nitrogens with zero attached hydrogens (tertiary/aromatic N) is 4. The summed E-state index contributed by atoms with van der Waals surface area (Å²) in [6, 6.07) is 5.92. The van der Waals surface area contributed by atoms with E-state index < -0.39 is 0 Å². The SMILES string of the molecule is CC(NC(=O)c1cnn2ccc(NCc3cccnc3)nc12)C1CCCCC1. The Morgan fingerprint density at radius 2 is 2.11 bits per heavy atom. The number of hydrogen-bond acceptors (Lipinski definition) is 5. The van der Waals surface area contributed by atoms with Crippen LogP contribution in [0.3, 0.4) is 0 Å². The molecule has 0 aromatic carbocycles. The second-order valence-electron chi connectivity index (χ2n) is 7.51. The second kappa shape index (κ2) is 8.37. The van der Waals surface area contributed by atoms with Gasteiger partial charge >= 0.3 is 0 Å². The molecule has 1 amide bonds. The molecule has 1 unspecified atom stereocenters. The summed E-state index contributed by atoms with van der Waals surface area (Å²) >= 11 is 0. The molecule has 2 N–H and O–H groups in total. The highest BCUT2D eigenvalue weighted by Crippen LogP contribution is 2.26. The standard InChI is InChI=1S/C21H26N6O/c1-15(17-7-3-2-4-8-17)25-21(28)18-14-24-27-11-9-19(26-20(18)27)23-13-16-6-5-10-22-12-16/h5-6,9-12,14-15,17H,2-4,7-8,13H2,1H3,(H,23,26)(H,25,28). The van der Waals surface area contributed by atoms with Crippen LogP contribution in [0.5, 0.6) is 0 Å². The minimum atomic E-state index is -0.106. The molecule has 0 bridgehead atoms. The van der Waals surface area contributed by atoms with Crippen molar-refractivity contribution in [3.05, 3.63) is 54.1 Å². The van der Waals surface area contributed by atoms with E-state index in [-0.39, 0.29) is 11.9 Å². The summed E-state index contributed by atoms with van der Waals surface area (Å²) < 4.78 is 1.63. The summed E-state index contributed by atoms with van der Waals surface area (Å²) in [7, 11) is 0. The molecule has 0 radical (unpaired) electrons. The largest absolute Gasteiger partial charge is 0.366 e. The Hall–Kier alpha value is -2.96. The number of carbonyl (C=O) groups excluding carboxylic acids is 1. The van der Waals surface area contributed by atoms with Crippen molar-refractivity contribution >= 4 is 17.4 Å². The van der Waals surface area contributed by atoms with Gasteiger partial charge in [-0.05, 0) is 43.4 Å². The summed E-state index contributed by atoms with van der Waals surface area (Å²) in [5.74, 6) is 1.15. The zero-order valence-electron chi connectivity index (χ0n) is 16.1. The molecule has 1 atom stereocenters. The topological polar surface area (TPSA) is 84.2 Å². The Labute approximate surface area is 164 Å². The summed E-state index contributed by atoms with van der Waals surface area (Å²) in [5, 5.41) is 10.7. The van der Waals surface area contributed by atoms with Gasteiger partial charge in [-0.2, -0.15) is 5.10 Å². The van der Waals surface area contributed by atoms with Gasteiger partial charge in [0.05, 0.1) is 6.20 Å². The van der Waals surface area contributed by atoms with Gasteiger partial charge in [0.2, 0.25) is 0 Å². The van der Waals surface area contributed by atoms with Crippen molar-refractivity contribution in [1.29, 1.82) is 0 Å². The van der Waals surface area contributed by atoms with Crippen LogP contribution < -0.4 is 10.6 Å². The number of aromatic nitrogens is 4. The molecule has 3 aromatic heterocycles. The molecule has 3 aromatic rings. The molecule has 0 aliphatic heterocycles. The van der Waals surface area contributed by atoms with E-state index in [9.17, 15) is 4.79 Å². The maximum atomic E-state index is 12.8. The van der Waals surface area contributed by atoms with Crippen molar-refractivity contribution in [1.82, 2.24) is 24.9 Å². The smallest absolute Gasteiger partial charge is 0.256 e. The van der Waals surface area contributed by atoms with Gasteiger partial charge in [-0.3, -0.25) is 9.78 Å². The Morgan fingerprint density at radius 3 is 2.89 bits per heavy atom. The maximum Gasteiger partial charge on any atom is 0.256 e. The third-order valence-corrected chi connectivity index (χ3v) is 5.53. The fourth-order valence-electron chi connectivity index (χ4n) is 3.86. The molecule has 7 heteroatoms. The highest BCUT2D eigenvalue weighted by atomic mass is 16.1. The monoisotopic (exact) mass is 378 g/mol. The number of pyridine rings is 1. The van der Waals surface area contributed by atoms with Crippen LogP contribution in [0.2, 0.25) is 0 Å². The lowest BCUT2D eigenvalue weighted by Crippen LogP contribution is -2.38. The molecular formula is C21H26N6O. The Morgan fingerprint density at radius 1 is 1.25 bits per heavy atom. The predicted octanol–water partition coefficient (Wildman–Crippen LogP) is 3.44. The van der Waals surface area contributed by atoms with Crippen molar-refractivity contribution in [3.8, 4) is 0 Å². The zero-order valence-corrected chi connectivity index (χ0v) is 16.1. The number of nitrogens with one attached hydrogen (secondary N) is 2. The minimum absolute atomic E-state index is 0.106. The molecule has 1 saturated carbocycles. The maximum absolute atomic E-state index is 12.8. The Kier molecular flexibility index (Phi) is 5.50. The number of fused-ring (bicyclic) bond motifs is 1. The van der Waals surface area contributed by atoms with E-state index in [1.807, 2.05) is 30.6 Å². The highest BCUT2D eigenvalue weighted by molar-refractivity contribution is 5.99. The first kappa shape index (κ1) is 18.4. The van der Waals surface area contributed by atoms with E-state index in [0.717, 1.165) is 5.56 Å². The van der Waals surface area contributed by atoms with Crippen molar-refractivity contribution in [2.45, 2.75) is 51.6 Å². The van der Waals surface area contributed by atoms with Crippen molar-refractivity contribution < 1.29 is 4.79 Å². The fraction of sp³-hybridized carbons (Fsp3) is 0.429. The second-order valence-corrected chi connectivity index (χ2v) is 7.51. The molecule has 1 aliphatic carbocycles. The average molecular weight is 378 g/mol. The van der Waals surface area contributed by atoms with Crippen molar-refractivity contribution in [2.24, 2.45) is 5.92 Å². The number of hydrogen-bond donors (Lipinski definition) is 2. The van der Waals surface area contributed by atoms with Gasteiger partial charge in [-0.25, -0.2) is 9.50 Å². The molecule has 1 fully saturated rings. The number of anilines is 1. The van der Waals surface area contributed by atoms with Crippen LogP contribution in [0.1, 0.15) is 54.9 Å². The van der Waals surface area contributed by atoms with Crippen LogP contribution in [-0.4, -0.2) is 31.5 Å². The van der Waals surface area contributed by atoms with E-state index in [2.05, 4.69) is 32.6 Å². The first-order valence-electron chi connectivity index (χ1n) is 9.99. The van der Waals surface area contributed by atoms with Gasteiger partial charge in [0.1, 0.15) is 11.4 Å². The molecule has 146 valence electrons. The van der Waals surface area contributed by atoms with Gasteiger partial charge in [-0.1, -0.05) is 25.3 Å². The molecule has 4 rings (SSSR count). The van der Waals surface area contributed by atoms with Crippen molar-refractivity contribution in [3.63, 3.8) is 0 Å². The molecule has 7 nitrogen and oxygen atoms in total. The summed E-state index contributed by atoms with van der Waals surface area (Å²) in [4.78, 5) is 21.5. The van der Waals surface area contributed by atoms with E-state index in [4.69, 9.17) is 0 Å². The van der Waals surface area contributed by atoms with E-state index >= 15 is 0 Å². The molecule has 0 saturated heterocycles. The lowest BCUT2D eigenvalue weighted by Gasteiger charge is -2.28. The lowest BCUT2D eigenvalue weighted by molar-refractivity contribution is 0.0921. The normalized spacial score (nSPS) is 16.0. The van der Waals surface area contributed by atoms with Crippen LogP contribution in [-0.2, 0) is 6.54 Å². The molecule has 3 heterocycles. The van der Waals surface area contributed by atoms with Gasteiger partial charge in [0, 0.05) is 31.2 Å². The number of rotatable bonds is 6. The first-order chi connectivity index (χ1) is 13.7. The molecule has 1 aliphatic rings. The van der Waals surface area contributed by atoms with Gasteiger partial charge in [0.25, 0.3) is 5.91 Å². The zero-order chi connectivity index (χ0) is 19.3. The summed E-state index contributed by atoms with van der Waals surface area (Å²) in [6.45, 7) is 2.72. The fourth-order valence-corrected chi connectivity index (χ4v) is 3.86. The molecular weight excluding hydrogens is 352 g/mol. The van der Waals surface area contributed by atoms with Gasteiger partial charge in [0.15, 0.2) is 5.65 Å². The predicted molar refractivity (Wildman–Crippen MR) is 108 cm³/mol. The van der Waals surface area contributed by atoms with Crippen molar-refractivity contribution in [2.75, 3.05) is 5.32 Å². The summed E-state index contributed by atoms with van der Waals surface area (Å²) in [6.07, 6.45) is 13.2. The third kappa shape index (κ3) is 4.13. The summed E-state index contributed by atoms with van der Waals surface area (Å²) in [5.41, 5.74) is 2.13.